The number of aromatic nitrogens is 2. The van der Waals surface area contributed by atoms with E-state index in [1.807, 2.05) is 39.0 Å². The number of halogens is 2. The zero-order valence-electron chi connectivity index (χ0n) is 28.0. The van der Waals surface area contributed by atoms with Gasteiger partial charge in [-0.1, -0.05) is 23.7 Å². The fourth-order valence-corrected chi connectivity index (χ4v) is 6.05. The van der Waals surface area contributed by atoms with Crippen LogP contribution in [-0.2, 0) is 16.1 Å². The molecule has 4 aromatic rings. The predicted molar refractivity (Wildman–Crippen MR) is 185 cm³/mol. The van der Waals surface area contributed by atoms with Crippen molar-refractivity contribution in [2.24, 2.45) is 5.92 Å². The Kier molecular flexibility index (Phi) is 10.9. The Hall–Kier alpha value is -4.35. The zero-order chi connectivity index (χ0) is 34.4. The van der Waals surface area contributed by atoms with Gasteiger partial charge in [-0.15, -0.1) is 0 Å². The van der Waals surface area contributed by atoms with Crippen LogP contribution in [0.3, 0.4) is 0 Å². The molecule has 12 heteroatoms. The fraction of sp³-hybridized carbons (Fsp3) is 0.432. The summed E-state index contributed by atoms with van der Waals surface area (Å²) in [5, 5.41) is 4.49. The van der Waals surface area contributed by atoms with Crippen molar-refractivity contribution in [1.82, 2.24) is 14.9 Å². The van der Waals surface area contributed by atoms with Crippen molar-refractivity contribution < 1.29 is 32.9 Å². The van der Waals surface area contributed by atoms with E-state index in [0.717, 1.165) is 31.1 Å². The smallest absolute Gasteiger partial charge is 0.410 e. The number of benzene rings is 3. The highest BCUT2D eigenvalue weighted by molar-refractivity contribution is 6.32. The van der Waals surface area contributed by atoms with Gasteiger partial charge in [-0.05, 0) is 75.4 Å². The molecule has 2 fully saturated rings. The molecular weight excluding hydrogens is 651 g/mol. The minimum absolute atomic E-state index is 0.0265. The first kappa shape index (κ1) is 34.5. The summed E-state index contributed by atoms with van der Waals surface area (Å²) in [4.78, 5) is 23.4. The van der Waals surface area contributed by atoms with Gasteiger partial charge in [0.15, 0.2) is 0 Å². The Morgan fingerprint density at radius 1 is 1.00 bits per heavy atom. The molecule has 10 nitrogen and oxygen atoms in total. The molecule has 0 atom stereocenters. The van der Waals surface area contributed by atoms with Gasteiger partial charge >= 0.3 is 6.09 Å². The highest BCUT2D eigenvalue weighted by Gasteiger charge is 2.27. The molecule has 2 aliphatic rings. The second kappa shape index (κ2) is 15.5. The maximum Gasteiger partial charge on any atom is 0.410 e. The van der Waals surface area contributed by atoms with Crippen molar-refractivity contribution in [2.45, 2.75) is 64.8 Å². The summed E-state index contributed by atoms with van der Waals surface area (Å²) in [6.45, 7) is 8.85. The van der Waals surface area contributed by atoms with E-state index in [0.29, 0.717) is 83.7 Å². The number of nitrogens with zero attached hydrogens (tertiary/aromatic N) is 3. The van der Waals surface area contributed by atoms with Gasteiger partial charge < -0.3 is 33.9 Å². The van der Waals surface area contributed by atoms with Crippen LogP contribution in [0.4, 0.5) is 20.7 Å². The summed E-state index contributed by atoms with van der Waals surface area (Å²) in [6.07, 6.45) is 4.39. The predicted octanol–water partition coefficient (Wildman–Crippen LogP) is 8.33. The number of hydrogen-bond acceptors (Lipinski definition) is 9. The molecule has 0 aliphatic carbocycles. The number of nitrogens with one attached hydrogen (secondary N) is 1. The molecule has 1 aromatic heterocycles. The van der Waals surface area contributed by atoms with Crippen LogP contribution in [0.2, 0.25) is 5.02 Å². The fourth-order valence-electron chi connectivity index (χ4n) is 5.82. The minimum atomic E-state index is -0.518. The number of ether oxygens (including phenoxy) is 5. The molecule has 1 amide bonds. The number of fused-ring (bicyclic) bond motifs is 1. The lowest BCUT2D eigenvalue weighted by Gasteiger charge is -2.33. The topological polar surface area (TPSA) is 104 Å². The SMILES string of the molecule is CC(C)(C)OC(=O)N1CCC(COc2cc(OC3CCOCC3)c3c(Nc4ccc(OCc5cccc(F)c5)c(Cl)c4)ncnc3c2)CC1. The number of amides is 1. The molecule has 0 bridgehead atoms. The Morgan fingerprint density at radius 2 is 1.80 bits per heavy atom. The largest absolute Gasteiger partial charge is 0.493 e. The third-order valence-corrected chi connectivity index (χ3v) is 8.66. The van der Waals surface area contributed by atoms with Crippen LogP contribution in [0, 0.1) is 11.7 Å². The highest BCUT2D eigenvalue weighted by Crippen LogP contribution is 2.38. The quantitative estimate of drug-likeness (QED) is 0.176. The van der Waals surface area contributed by atoms with E-state index in [-0.39, 0.29) is 24.6 Å². The van der Waals surface area contributed by atoms with Gasteiger partial charge in [0.25, 0.3) is 0 Å². The first-order valence-corrected chi connectivity index (χ1v) is 17.0. The molecule has 6 rings (SSSR count). The van der Waals surface area contributed by atoms with Crippen LogP contribution in [0.25, 0.3) is 10.9 Å². The monoisotopic (exact) mass is 692 g/mol. The van der Waals surface area contributed by atoms with Gasteiger partial charge in [0, 0.05) is 43.8 Å². The van der Waals surface area contributed by atoms with Crippen molar-refractivity contribution in [3.05, 3.63) is 77.3 Å². The minimum Gasteiger partial charge on any atom is -0.493 e. The number of piperidine rings is 1. The third kappa shape index (κ3) is 9.42. The molecule has 49 heavy (non-hydrogen) atoms. The lowest BCUT2D eigenvalue weighted by Crippen LogP contribution is -2.42. The average Bonchev–Trinajstić information content (AvgIpc) is 3.07. The van der Waals surface area contributed by atoms with E-state index >= 15 is 0 Å². The molecule has 260 valence electrons. The number of carbonyl (C=O) groups excluding carboxylic acids is 1. The molecule has 2 saturated heterocycles. The van der Waals surface area contributed by atoms with Crippen LogP contribution >= 0.6 is 11.6 Å². The maximum absolute atomic E-state index is 13.6. The van der Waals surface area contributed by atoms with E-state index in [1.165, 1.54) is 18.5 Å². The second-order valence-electron chi connectivity index (χ2n) is 13.4. The summed E-state index contributed by atoms with van der Waals surface area (Å²) in [7, 11) is 0. The van der Waals surface area contributed by atoms with Crippen LogP contribution < -0.4 is 19.5 Å². The van der Waals surface area contributed by atoms with Crippen molar-refractivity contribution in [1.29, 1.82) is 0 Å². The molecular formula is C37H42ClFN4O6. The summed E-state index contributed by atoms with van der Waals surface area (Å²) < 4.78 is 43.4. The van der Waals surface area contributed by atoms with Crippen LogP contribution in [-0.4, -0.2) is 65.6 Å². The Morgan fingerprint density at radius 3 is 2.53 bits per heavy atom. The van der Waals surface area contributed by atoms with E-state index < -0.39 is 5.60 Å². The lowest BCUT2D eigenvalue weighted by atomic mass is 9.98. The van der Waals surface area contributed by atoms with E-state index in [9.17, 15) is 9.18 Å². The number of anilines is 2. The first-order chi connectivity index (χ1) is 23.6. The normalized spacial score (nSPS) is 16.0. The Labute approximate surface area is 290 Å². The van der Waals surface area contributed by atoms with Gasteiger partial charge in [0.1, 0.15) is 53.5 Å². The van der Waals surface area contributed by atoms with E-state index in [1.54, 1.807) is 29.2 Å². The third-order valence-electron chi connectivity index (χ3n) is 8.37. The van der Waals surface area contributed by atoms with Crippen LogP contribution in [0.15, 0.2) is 60.9 Å². The van der Waals surface area contributed by atoms with Gasteiger partial charge in [-0.2, -0.15) is 0 Å². The van der Waals surface area contributed by atoms with Gasteiger partial charge in [-0.3, -0.25) is 0 Å². The molecule has 2 aliphatic heterocycles. The summed E-state index contributed by atoms with van der Waals surface area (Å²) >= 11 is 6.59. The zero-order valence-corrected chi connectivity index (χ0v) is 28.8. The molecule has 0 spiro atoms. The summed E-state index contributed by atoms with van der Waals surface area (Å²) in [5.41, 5.74) is 1.54. The van der Waals surface area contributed by atoms with Crippen molar-refractivity contribution in [3.63, 3.8) is 0 Å². The van der Waals surface area contributed by atoms with E-state index in [4.69, 9.17) is 35.3 Å². The molecule has 0 radical (unpaired) electrons. The average molecular weight is 693 g/mol. The van der Waals surface area contributed by atoms with Crippen molar-refractivity contribution in [2.75, 3.05) is 38.2 Å². The van der Waals surface area contributed by atoms with Gasteiger partial charge in [0.2, 0.25) is 0 Å². The number of carbonyl (C=O) groups is 1. The molecule has 3 aromatic carbocycles. The molecule has 3 heterocycles. The first-order valence-electron chi connectivity index (χ1n) is 16.7. The maximum atomic E-state index is 13.6. The molecule has 0 saturated carbocycles. The van der Waals surface area contributed by atoms with E-state index in [2.05, 4.69) is 15.3 Å². The number of hydrogen-bond donors (Lipinski definition) is 1. The number of rotatable bonds is 10. The van der Waals surface area contributed by atoms with Crippen LogP contribution in [0.5, 0.6) is 17.2 Å². The highest BCUT2D eigenvalue weighted by atomic mass is 35.5. The van der Waals surface area contributed by atoms with Gasteiger partial charge in [-0.25, -0.2) is 19.2 Å². The number of likely N-dealkylation sites (tertiary alicyclic amines) is 1. The standard InChI is InChI=1S/C37H42ClFN4O6/c1-37(2,3)49-36(44)43-13-9-24(10-14-43)21-46-29-19-31-34(33(20-29)48-28-11-15-45-16-12-28)35(41-23-40-31)42-27-7-8-32(30(38)18-27)47-22-25-5-4-6-26(39)17-25/h4-8,17-20,23-24,28H,9-16,21-22H2,1-3H3,(H,40,41,42). The van der Waals surface area contributed by atoms with Gasteiger partial charge in [0.05, 0.1) is 35.7 Å². The van der Waals surface area contributed by atoms with Crippen molar-refractivity contribution >= 4 is 40.1 Å². The van der Waals surface area contributed by atoms with Crippen LogP contribution in [0.1, 0.15) is 52.0 Å². The molecule has 0 unspecified atom stereocenters. The Balaban J connectivity index is 1.17. The summed E-state index contributed by atoms with van der Waals surface area (Å²) in [5.74, 6) is 2.27. The molecule has 1 N–H and O–H groups in total. The van der Waals surface area contributed by atoms with Crippen molar-refractivity contribution in [3.8, 4) is 17.2 Å². The summed E-state index contributed by atoms with van der Waals surface area (Å²) in [6, 6.07) is 15.4. The lowest BCUT2D eigenvalue weighted by molar-refractivity contribution is 0.0163. The Bertz CT molecular complexity index is 1760. The second-order valence-corrected chi connectivity index (χ2v) is 13.8.